The molecule has 2 heterocycles. The number of carbonyl (C=O) groups is 3. The van der Waals surface area contributed by atoms with E-state index in [0.717, 1.165) is 49.0 Å². The first kappa shape index (κ1) is 19.7. The molecule has 0 radical (unpaired) electrons. The lowest BCUT2D eigenvalue weighted by atomic mass is 9.85. The number of hydrogen-bond donors (Lipinski definition) is 3. The molecule has 3 aliphatic rings. The van der Waals surface area contributed by atoms with E-state index >= 15 is 0 Å². The van der Waals surface area contributed by atoms with Crippen molar-refractivity contribution in [2.45, 2.75) is 44.9 Å². The molecule has 7 nitrogen and oxygen atoms in total. The lowest BCUT2D eigenvalue weighted by molar-refractivity contribution is -0.120. The first-order valence-electron chi connectivity index (χ1n) is 10.5. The Morgan fingerprint density at radius 1 is 1.03 bits per heavy atom. The third kappa shape index (κ3) is 4.27. The Bertz CT molecular complexity index is 977. The zero-order chi connectivity index (χ0) is 20.7. The van der Waals surface area contributed by atoms with Crippen molar-refractivity contribution in [2.24, 2.45) is 17.8 Å². The van der Waals surface area contributed by atoms with E-state index in [0.29, 0.717) is 34.6 Å². The molecule has 5 rings (SSSR count). The molecule has 0 spiro atoms. The molecule has 3 N–H and O–H groups in total. The Morgan fingerprint density at radius 3 is 2.53 bits per heavy atom. The lowest BCUT2D eigenvalue weighted by Gasteiger charge is -2.22. The minimum Gasteiger partial charge on any atom is -0.352 e. The number of thiazole rings is 1. The predicted octanol–water partition coefficient (Wildman–Crippen LogP) is 3.44. The largest absolute Gasteiger partial charge is 0.352 e. The van der Waals surface area contributed by atoms with Crippen molar-refractivity contribution in [3.05, 3.63) is 27.6 Å². The topological polar surface area (TPSA) is 100 Å². The fourth-order valence-electron chi connectivity index (χ4n) is 3.84. The lowest BCUT2D eigenvalue weighted by Crippen LogP contribution is -2.31. The minimum absolute atomic E-state index is 0.00269. The number of aromatic nitrogens is 1. The van der Waals surface area contributed by atoms with Gasteiger partial charge in [0, 0.05) is 34.8 Å². The normalized spacial score (nSPS) is 20.3. The molecular formula is C21H24N4O3S2. The van der Waals surface area contributed by atoms with Crippen LogP contribution in [0.3, 0.4) is 0 Å². The van der Waals surface area contributed by atoms with Gasteiger partial charge in [-0.2, -0.15) is 0 Å². The van der Waals surface area contributed by atoms with E-state index in [9.17, 15) is 14.4 Å². The molecule has 3 amide bonds. The molecule has 2 fully saturated rings. The van der Waals surface area contributed by atoms with E-state index in [1.165, 1.54) is 22.7 Å². The smallest absolute Gasteiger partial charge is 0.254 e. The highest BCUT2D eigenvalue weighted by Crippen LogP contribution is 2.41. The summed E-state index contributed by atoms with van der Waals surface area (Å²) >= 11 is 2.89. The Morgan fingerprint density at radius 2 is 1.83 bits per heavy atom. The Hall–Kier alpha value is -2.26. The number of amides is 3. The van der Waals surface area contributed by atoms with Gasteiger partial charge in [0.05, 0.1) is 5.56 Å². The summed E-state index contributed by atoms with van der Waals surface area (Å²) in [6.45, 7) is 0.674. The van der Waals surface area contributed by atoms with Crippen molar-refractivity contribution in [3.8, 4) is 0 Å². The molecule has 0 saturated heterocycles. The van der Waals surface area contributed by atoms with E-state index in [-0.39, 0.29) is 29.6 Å². The Balaban J connectivity index is 1.37. The molecule has 1 atom stereocenters. The number of nitrogens with one attached hydrogen (secondary N) is 3. The second kappa shape index (κ2) is 8.11. The van der Waals surface area contributed by atoms with E-state index in [4.69, 9.17) is 0 Å². The summed E-state index contributed by atoms with van der Waals surface area (Å²) in [6.07, 6.45) is 7.78. The summed E-state index contributed by atoms with van der Waals surface area (Å²) in [5.41, 5.74) is 1.49. The van der Waals surface area contributed by atoms with E-state index in [2.05, 4.69) is 20.9 Å². The van der Waals surface area contributed by atoms with Crippen LogP contribution < -0.4 is 16.0 Å². The van der Waals surface area contributed by atoms with Crippen LogP contribution in [0.5, 0.6) is 0 Å². The maximum absolute atomic E-state index is 13.1. The third-order valence-corrected chi connectivity index (χ3v) is 7.85. The van der Waals surface area contributed by atoms with Gasteiger partial charge in [-0.1, -0.05) is 0 Å². The summed E-state index contributed by atoms with van der Waals surface area (Å²) in [6, 6.07) is 0. The monoisotopic (exact) mass is 444 g/mol. The Kier molecular flexibility index (Phi) is 5.32. The van der Waals surface area contributed by atoms with Crippen molar-refractivity contribution >= 4 is 50.5 Å². The molecular weight excluding hydrogens is 420 g/mol. The highest BCUT2D eigenvalue weighted by molar-refractivity contribution is 7.17. The van der Waals surface area contributed by atoms with Crippen LogP contribution >= 0.6 is 22.7 Å². The van der Waals surface area contributed by atoms with Gasteiger partial charge in [0.25, 0.3) is 5.91 Å². The van der Waals surface area contributed by atoms with Gasteiger partial charge in [0.1, 0.15) is 5.00 Å². The molecule has 30 heavy (non-hydrogen) atoms. The number of thiophene rings is 1. The molecule has 0 aliphatic heterocycles. The molecule has 1 unspecified atom stereocenters. The fraction of sp³-hybridized carbons (Fsp3) is 0.524. The number of anilines is 2. The highest BCUT2D eigenvalue weighted by atomic mass is 32.1. The predicted molar refractivity (Wildman–Crippen MR) is 117 cm³/mol. The molecule has 2 aromatic rings. The molecule has 0 aromatic carbocycles. The van der Waals surface area contributed by atoms with Crippen LogP contribution in [0.2, 0.25) is 0 Å². The van der Waals surface area contributed by atoms with Crippen molar-refractivity contribution in [2.75, 3.05) is 17.2 Å². The van der Waals surface area contributed by atoms with Crippen molar-refractivity contribution in [3.63, 3.8) is 0 Å². The highest BCUT2D eigenvalue weighted by Gasteiger charge is 2.35. The van der Waals surface area contributed by atoms with Crippen LogP contribution in [-0.2, 0) is 22.4 Å². The van der Waals surface area contributed by atoms with Crippen molar-refractivity contribution in [1.29, 1.82) is 0 Å². The van der Waals surface area contributed by atoms with E-state index in [1.54, 1.807) is 6.20 Å². The number of aryl methyl sites for hydroxylation is 1. The molecule has 158 valence electrons. The van der Waals surface area contributed by atoms with Crippen molar-refractivity contribution < 1.29 is 14.4 Å². The maximum Gasteiger partial charge on any atom is 0.254 e. The van der Waals surface area contributed by atoms with Gasteiger partial charge in [-0.15, -0.1) is 22.7 Å². The molecule has 9 heteroatoms. The van der Waals surface area contributed by atoms with Gasteiger partial charge < -0.3 is 16.0 Å². The second-order valence-electron chi connectivity index (χ2n) is 8.39. The van der Waals surface area contributed by atoms with Gasteiger partial charge in [-0.05, 0) is 56.4 Å². The number of fused-ring (bicyclic) bond motifs is 1. The van der Waals surface area contributed by atoms with Crippen LogP contribution in [-0.4, -0.2) is 29.3 Å². The summed E-state index contributed by atoms with van der Waals surface area (Å²) in [7, 11) is 0. The van der Waals surface area contributed by atoms with Crippen LogP contribution in [0.1, 0.15) is 52.9 Å². The summed E-state index contributed by atoms with van der Waals surface area (Å²) in [5, 5.41) is 12.0. The molecule has 3 aliphatic carbocycles. The van der Waals surface area contributed by atoms with E-state index in [1.807, 2.05) is 5.38 Å². The van der Waals surface area contributed by atoms with Gasteiger partial charge in [-0.25, -0.2) is 4.98 Å². The SMILES string of the molecule is O=C(NCC1CC1)c1c(NC(=O)C2CC2)sc2c1CC(C(=O)Nc1nccs1)CC2. The number of rotatable bonds is 7. The van der Waals surface area contributed by atoms with E-state index < -0.39 is 0 Å². The first-order valence-corrected chi connectivity index (χ1v) is 12.2. The standard InChI is InChI=1S/C21H24N4O3S2/c26-17(12-3-4-12)24-20-16(19(28)23-10-11-1-2-11)14-9-13(5-6-15(14)30-20)18(27)25-21-22-7-8-29-21/h7-8,11-13H,1-6,9-10H2,(H,23,28)(H,24,26)(H,22,25,27). The molecule has 2 aromatic heterocycles. The average molecular weight is 445 g/mol. The molecule has 2 saturated carbocycles. The van der Waals surface area contributed by atoms with Gasteiger partial charge in [0.15, 0.2) is 5.13 Å². The van der Waals surface area contributed by atoms with Crippen LogP contribution in [0.4, 0.5) is 10.1 Å². The summed E-state index contributed by atoms with van der Waals surface area (Å²) in [4.78, 5) is 43.4. The number of carbonyl (C=O) groups excluding carboxylic acids is 3. The molecule has 0 bridgehead atoms. The van der Waals surface area contributed by atoms with Crippen molar-refractivity contribution in [1.82, 2.24) is 10.3 Å². The fourth-order valence-corrected chi connectivity index (χ4v) is 5.61. The quantitative estimate of drug-likeness (QED) is 0.609. The minimum atomic E-state index is -0.210. The first-order chi connectivity index (χ1) is 14.6. The number of nitrogens with zero attached hydrogens (tertiary/aromatic N) is 1. The van der Waals surface area contributed by atoms with Crippen LogP contribution in [0.25, 0.3) is 0 Å². The average Bonchev–Trinajstić information content (AvgIpc) is 3.66. The van der Waals surface area contributed by atoms with Gasteiger partial charge >= 0.3 is 0 Å². The zero-order valence-corrected chi connectivity index (χ0v) is 18.2. The number of hydrogen-bond acceptors (Lipinski definition) is 6. The summed E-state index contributed by atoms with van der Waals surface area (Å²) < 4.78 is 0. The van der Waals surface area contributed by atoms with Gasteiger partial charge in [0.2, 0.25) is 11.8 Å². The maximum atomic E-state index is 13.1. The zero-order valence-electron chi connectivity index (χ0n) is 16.5. The third-order valence-electron chi connectivity index (χ3n) is 5.95. The van der Waals surface area contributed by atoms with Crippen LogP contribution in [0, 0.1) is 17.8 Å². The Labute approximate surface area is 182 Å². The second-order valence-corrected chi connectivity index (χ2v) is 10.4. The van der Waals surface area contributed by atoms with Gasteiger partial charge in [-0.3, -0.25) is 14.4 Å². The summed E-state index contributed by atoms with van der Waals surface area (Å²) in [5.74, 6) is 0.245. The van der Waals surface area contributed by atoms with Crippen LogP contribution in [0.15, 0.2) is 11.6 Å².